The van der Waals surface area contributed by atoms with Crippen molar-refractivity contribution in [1.29, 1.82) is 0 Å². The van der Waals surface area contributed by atoms with E-state index in [4.69, 9.17) is 23.2 Å². The van der Waals surface area contributed by atoms with Gasteiger partial charge in [0.1, 0.15) is 0 Å². The fraction of sp³-hybridized carbons (Fsp3) is 0.571. The van der Waals surface area contributed by atoms with Crippen molar-refractivity contribution >= 4 is 28.9 Å². The van der Waals surface area contributed by atoms with Crippen LogP contribution in [0.2, 0.25) is 5.02 Å². The third-order valence-electron chi connectivity index (χ3n) is 3.20. The molecule has 0 atom stereocenters. The summed E-state index contributed by atoms with van der Waals surface area (Å²) in [6.07, 6.45) is 3.90. The average Bonchev–Trinajstić information content (AvgIpc) is 3.12. The highest BCUT2D eigenvalue weighted by Crippen LogP contribution is 2.33. The number of hydrogen-bond donors (Lipinski definition) is 0. The summed E-state index contributed by atoms with van der Waals surface area (Å²) in [5.41, 5.74) is 2.41. The molecule has 94 valence electrons. The molecule has 0 saturated heterocycles. The number of hydrogen-bond acceptors (Lipinski definition) is 1. The van der Waals surface area contributed by atoms with E-state index in [1.165, 1.54) is 24.1 Å². The molecule has 17 heavy (non-hydrogen) atoms. The van der Waals surface area contributed by atoms with E-state index in [-0.39, 0.29) is 0 Å². The normalized spacial score (nSPS) is 15.0. The van der Waals surface area contributed by atoms with Crippen molar-refractivity contribution in [1.82, 2.24) is 0 Å². The SMILES string of the molecule is CCCN(CC1CC1)c1cc(Cl)ccc1CCl. The first-order valence-corrected chi connectivity index (χ1v) is 7.25. The third kappa shape index (κ3) is 3.53. The lowest BCUT2D eigenvalue weighted by molar-refractivity contribution is 0.706. The van der Waals surface area contributed by atoms with Gasteiger partial charge in [-0.15, -0.1) is 11.6 Å². The molecular formula is C14H19Cl2N. The maximum Gasteiger partial charge on any atom is 0.0494 e. The van der Waals surface area contributed by atoms with Crippen LogP contribution in [0.5, 0.6) is 0 Å². The zero-order valence-corrected chi connectivity index (χ0v) is 11.8. The van der Waals surface area contributed by atoms with Crippen LogP contribution < -0.4 is 4.90 Å². The van der Waals surface area contributed by atoms with Crippen LogP contribution in [0, 0.1) is 5.92 Å². The summed E-state index contributed by atoms with van der Waals surface area (Å²) in [5.74, 6) is 1.43. The monoisotopic (exact) mass is 271 g/mol. The number of benzene rings is 1. The van der Waals surface area contributed by atoms with Gasteiger partial charge in [0.05, 0.1) is 0 Å². The van der Waals surface area contributed by atoms with Gasteiger partial charge in [0.25, 0.3) is 0 Å². The molecule has 0 aliphatic heterocycles. The zero-order valence-electron chi connectivity index (χ0n) is 10.3. The van der Waals surface area contributed by atoms with Crippen molar-refractivity contribution in [2.75, 3.05) is 18.0 Å². The molecule has 0 N–H and O–H groups in total. The average molecular weight is 272 g/mol. The van der Waals surface area contributed by atoms with Crippen LogP contribution >= 0.6 is 23.2 Å². The summed E-state index contributed by atoms with van der Waals surface area (Å²) < 4.78 is 0. The van der Waals surface area contributed by atoms with E-state index in [0.29, 0.717) is 5.88 Å². The molecular weight excluding hydrogens is 253 g/mol. The van der Waals surface area contributed by atoms with Crippen molar-refractivity contribution < 1.29 is 0 Å². The second kappa shape index (κ2) is 5.97. The van der Waals surface area contributed by atoms with Gasteiger partial charge in [0.15, 0.2) is 0 Å². The molecule has 3 heteroatoms. The van der Waals surface area contributed by atoms with Gasteiger partial charge in [0, 0.05) is 29.7 Å². The van der Waals surface area contributed by atoms with Gasteiger partial charge in [-0.25, -0.2) is 0 Å². The quantitative estimate of drug-likeness (QED) is 0.678. The summed E-state index contributed by atoms with van der Waals surface area (Å²) in [6, 6.07) is 6.02. The Kier molecular flexibility index (Phi) is 4.58. The highest BCUT2D eigenvalue weighted by Gasteiger charge is 2.25. The van der Waals surface area contributed by atoms with E-state index in [2.05, 4.69) is 17.9 Å². The number of halogens is 2. The lowest BCUT2D eigenvalue weighted by atomic mass is 10.1. The van der Waals surface area contributed by atoms with Gasteiger partial charge in [0.2, 0.25) is 0 Å². The Bertz CT molecular complexity index is 374. The molecule has 0 unspecified atom stereocenters. The highest BCUT2D eigenvalue weighted by atomic mass is 35.5. The predicted octanol–water partition coefficient (Wildman–Crippen LogP) is 4.71. The van der Waals surface area contributed by atoms with Gasteiger partial charge >= 0.3 is 0 Å². The van der Waals surface area contributed by atoms with E-state index < -0.39 is 0 Å². The van der Waals surface area contributed by atoms with Crippen LogP contribution in [0.15, 0.2) is 18.2 Å². The van der Waals surface area contributed by atoms with Crippen LogP contribution in [0.4, 0.5) is 5.69 Å². The second-order valence-corrected chi connectivity index (χ2v) is 5.50. The molecule has 0 amide bonds. The molecule has 1 aliphatic carbocycles. The van der Waals surface area contributed by atoms with Gasteiger partial charge in [-0.3, -0.25) is 0 Å². The third-order valence-corrected chi connectivity index (χ3v) is 3.72. The number of alkyl halides is 1. The van der Waals surface area contributed by atoms with Crippen molar-refractivity contribution in [3.63, 3.8) is 0 Å². The maximum absolute atomic E-state index is 6.10. The fourth-order valence-electron chi connectivity index (χ4n) is 2.14. The molecule has 1 aromatic rings. The molecule has 1 saturated carbocycles. The Morgan fingerprint density at radius 3 is 2.71 bits per heavy atom. The molecule has 1 nitrogen and oxygen atoms in total. The summed E-state index contributed by atoms with van der Waals surface area (Å²) in [4.78, 5) is 2.45. The highest BCUT2D eigenvalue weighted by molar-refractivity contribution is 6.31. The molecule has 0 bridgehead atoms. The topological polar surface area (TPSA) is 3.24 Å². The largest absolute Gasteiger partial charge is 0.371 e. The predicted molar refractivity (Wildman–Crippen MR) is 76.2 cm³/mol. The molecule has 1 aromatic carbocycles. The van der Waals surface area contributed by atoms with Crippen molar-refractivity contribution in [3.8, 4) is 0 Å². The number of anilines is 1. The minimum absolute atomic E-state index is 0.553. The first-order chi connectivity index (χ1) is 8.24. The first kappa shape index (κ1) is 13.0. The fourth-order valence-corrected chi connectivity index (χ4v) is 2.53. The van der Waals surface area contributed by atoms with Gasteiger partial charge < -0.3 is 4.90 Å². The first-order valence-electron chi connectivity index (χ1n) is 6.34. The lowest BCUT2D eigenvalue weighted by Gasteiger charge is -2.26. The molecule has 2 rings (SSSR count). The lowest BCUT2D eigenvalue weighted by Crippen LogP contribution is -2.27. The maximum atomic E-state index is 6.10. The Hall–Kier alpha value is -0.400. The summed E-state index contributed by atoms with van der Waals surface area (Å²) in [5, 5.41) is 0.797. The molecule has 1 aliphatic rings. The van der Waals surface area contributed by atoms with Gasteiger partial charge in [-0.1, -0.05) is 24.6 Å². The summed E-state index contributed by atoms with van der Waals surface area (Å²) >= 11 is 12.1. The molecule has 0 spiro atoms. The van der Waals surface area contributed by atoms with E-state index in [1.807, 2.05) is 12.1 Å². The Morgan fingerprint density at radius 2 is 2.12 bits per heavy atom. The molecule has 0 aromatic heterocycles. The van der Waals surface area contributed by atoms with E-state index in [0.717, 1.165) is 30.5 Å². The van der Waals surface area contributed by atoms with E-state index in [9.17, 15) is 0 Å². The van der Waals surface area contributed by atoms with Gasteiger partial charge in [-0.2, -0.15) is 0 Å². The molecule has 0 heterocycles. The minimum Gasteiger partial charge on any atom is -0.371 e. The summed E-state index contributed by atoms with van der Waals surface area (Å²) in [7, 11) is 0. The Morgan fingerprint density at radius 1 is 1.35 bits per heavy atom. The van der Waals surface area contributed by atoms with E-state index in [1.54, 1.807) is 0 Å². The zero-order chi connectivity index (χ0) is 12.3. The van der Waals surface area contributed by atoms with Crippen LogP contribution in [-0.2, 0) is 5.88 Å². The van der Waals surface area contributed by atoms with Crippen LogP contribution in [0.1, 0.15) is 31.7 Å². The number of nitrogens with zero attached hydrogens (tertiary/aromatic N) is 1. The molecule has 1 fully saturated rings. The van der Waals surface area contributed by atoms with Crippen LogP contribution in [0.3, 0.4) is 0 Å². The standard InChI is InChI=1S/C14H19Cl2N/c1-2-7-17(10-11-3-4-11)14-8-13(16)6-5-12(14)9-15/h5-6,8,11H,2-4,7,9-10H2,1H3. The Balaban J connectivity index is 2.22. The number of rotatable bonds is 6. The van der Waals surface area contributed by atoms with E-state index >= 15 is 0 Å². The van der Waals surface area contributed by atoms with Crippen LogP contribution in [0.25, 0.3) is 0 Å². The van der Waals surface area contributed by atoms with Crippen molar-refractivity contribution in [2.45, 2.75) is 32.1 Å². The summed E-state index contributed by atoms with van der Waals surface area (Å²) in [6.45, 7) is 4.45. The van der Waals surface area contributed by atoms with Crippen molar-refractivity contribution in [2.24, 2.45) is 5.92 Å². The van der Waals surface area contributed by atoms with Crippen LogP contribution in [-0.4, -0.2) is 13.1 Å². The second-order valence-electron chi connectivity index (χ2n) is 4.80. The smallest absolute Gasteiger partial charge is 0.0494 e. The van der Waals surface area contributed by atoms with Gasteiger partial charge in [-0.05, 0) is 42.9 Å². The molecule has 0 radical (unpaired) electrons. The Labute approximate surface area is 114 Å². The van der Waals surface area contributed by atoms with Crippen molar-refractivity contribution in [3.05, 3.63) is 28.8 Å². The minimum atomic E-state index is 0.553.